The first kappa shape index (κ1) is 19.0. The Morgan fingerprint density at radius 2 is 1.90 bits per heavy atom. The monoisotopic (exact) mass is 405 g/mol. The summed E-state index contributed by atoms with van der Waals surface area (Å²) < 4.78 is 1.84. The van der Waals surface area contributed by atoms with Crippen LogP contribution in [0.1, 0.15) is 29.0 Å². The molecule has 0 fully saturated rings. The molecule has 146 valence electrons. The molecule has 2 N–H and O–H groups in total. The van der Waals surface area contributed by atoms with Crippen LogP contribution in [-0.4, -0.2) is 20.6 Å². The summed E-state index contributed by atoms with van der Waals surface area (Å²) in [7, 11) is 1.85. The minimum atomic E-state index is -0.186. The number of hydrogen-bond donors (Lipinski definition) is 2. The van der Waals surface area contributed by atoms with Gasteiger partial charge in [-0.2, -0.15) is 0 Å². The normalized spacial score (nSPS) is 12.1. The molecule has 4 rings (SSSR count). The van der Waals surface area contributed by atoms with Crippen molar-refractivity contribution in [2.24, 2.45) is 7.05 Å². The molecule has 2 aromatic heterocycles. The van der Waals surface area contributed by atoms with E-state index in [-0.39, 0.29) is 17.7 Å². The van der Waals surface area contributed by atoms with Crippen LogP contribution in [0, 0.1) is 0 Å². The quantitative estimate of drug-likeness (QED) is 0.497. The highest BCUT2D eigenvalue weighted by atomic mass is 35.5. The van der Waals surface area contributed by atoms with E-state index in [0.29, 0.717) is 10.7 Å². The number of aryl methyl sites for hydroxylation is 1. The predicted molar refractivity (Wildman–Crippen MR) is 115 cm³/mol. The molecule has 29 heavy (non-hydrogen) atoms. The average molecular weight is 406 g/mol. The Morgan fingerprint density at radius 1 is 1.14 bits per heavy atom. The molecule has 0 aliphatic rings. The highest BCUT2D eigenvalue weighted by Gasteiger charge is 2.18. The van der Waals surface area contributed by atoms with Crippen LogP contribution in [0.2, 0.25) is 5.02 Å². The second kappa shape index (κ2) is 7.60. The van der Waals surface area contributed by atoms with Gasteiger partial charge in [-0.3, -0.25) is 9.78 Å². The molecule has 2 heterocycles. The summed E-state index contributed by atoms with van der Waals surface area (Å²) in [5.74, 6) is 0.0323. The van der Waals surface area contributed by atoms with Crippen LogP contribution in [0.5, 0.6) is 5.75 Å². The van der Waals surface area contributed by atoms with Gasteiger partial charge in [-0.25, -0.2) is 0 Å². The summed E-state index contributed by atoms with van der Waals surface area (Å²) >= 11 is 6.07. The predicted octanol–water partition coefficient (Wildman–Crippen LogP) is 5.09. The lowest BCUT2D eigenvalue weighted by Gasteiger charge is -2.15. The number of benzene rings is 2. The van der Waals surface area contributed by atoms with Gasteiger partial charge in [-0.15, -0.1) is 0 Å². The molecular formula is C23H20ClN3O2. The average Bonchev–Trinajstić information content (AvgIpc) is 3.05. The zero-order valence-electron chi connectivity index (χ0n) is 16.1. The number of amides is 1. The van der Waals surface area contributed by atoms with Crippen LogP contribution in [0.4, 0.5) is 0 Å². The Bertz CT molecular complexity index is 1200. The standard InChI is InChI=1S/C23H20ClN3O2/c1-14(16-4-3-5-17(24)10-16)26-23(29)21-11-19-20(12-25-13-22(19)27(21)2)15-6-8-18(28)9-7-15/h3-14,28H,1-2H3,(H,26,29)/t14-/m0/s1. The van der Waals surface area contributed by atoms with Crippen LogP contribution in [-0.2, 0) is 7.05 Å². The SMILES string of the molecule is C[C@H](NC(=O)c1cc2c(-c3ccc(O)cc3)cncc2n1C)c1cccc(Cl)c1. The number of nitrogens with zero attached hydrogens (tertiary/aromatic N) is 2. The van der Waals surface area contributed by atoms with E-state index < -0.39 is 0 Å². The molecule has 5 nitrogen and oxygen atoms in total. The molecule has 0 bridgehead atoms. The first-order chi connectivity index (χ1) is 13.9. The third-order valence-corrected chi connectivity index (χ3v) is 5.31. The number of rotatable bonds is 4. The van der Waals surface area contributed by atoms with Gasteiger partial charge in [0, 0.05) is 29.2 Å². The molecule has 1 amide bonds. The maximum atomic E-state index is 13.0. The second-order valence-corrected chi connectivity index (χ2v) is 7.44. The van der Waals surface area contributed by atoms with Crippen molar-refractivity contribution in [1.29, 1.82) is 0 Å². The first-order valence-electron chi connectivity index (χ1n) is 9.23. The number of carbonyl (C=O) groups is 1. The number of fused-ring (bicyclic) bond motifs is 1. The Hall–Kier alpha value is -3.31. The van der Waals surface area contributed by atoms with Crippen molar-refractivity contribution >= 4 is 28.4 Å². The lowest BCUT2D eigenvalue weighted by atomic mass is 10.0. The third kappa shape index (κ3) is 3.69. The van der Waals surface area contributed by atoms with Gasteiger partial charge in [0.1, 0.15) is 11.4 Å². The number of halogens is 1. The molecule has 2 aromatic carbocycles. The minimum absolute atomic E-state index is 0.173. The summed E-state index contributed by atoms with van der Waals surface area (Å²) in [5.41, 5.74) is 4.17. The van der Waals surface area contributed by atoms with Crippen molar-refractivity contribution in [1.82, 2.24) is 14.9 Å². The number of phenols is 1. The van der Waals surface area contributed by atoms with E-state index in [9.17, 15) is 9.90 Å². The van der Waals surface area contributed by atoms with Crippen molar-refractivity contribution in [3.05, 3.63) is 83.3 Å². The highest BCUT2D eigenvalue weighted by molar-refractivity contribution is 6.30. The number of aromatic hydroxyl groups is 1. The summed E-state index contributed by atoms with van der Waals surface area (Å²) in [4.78, 5) is 17.3. The van der Waals surface area contributed by atoms with Crippen LogP contribution < -0.4 is 5.32 Å². The van der Waals surface area contributed by atoms with E-state index in [4.69, 9.17) is 11.6 Å². The number of carbonyl (C=O) groups excluding carboxylic acids is 1. The molecule has 0 saturated heterocycles. The summed E-state index contributed by atoms with van der Waals surface area (Å²) in [6, 6.07) is 16.1. The third-order valence-electron chi connectivity index (χ3n) is 5.08. The van der Waals surface area contributed by atoms with Crippen molar-refractivity contribution in [2.75, 3.05) is 0 Å². The zero-order chi connectivity index (χ0) is 20.5. The number of phenolic OH excluding ortho intramolecular Hbond substituents is 1. The lowest BCUT2D eigenvalue weighted by molar-refractivity contribution is 0.0932. The summed E-state index contributed by atoms with van der Waals surface area (Å²) in [6.07, 6.45) is 3.52. The first-order valence-corrected chi connectivity index (χ1v) is 9.61. The molecule has 6 heteroatoms. The van der Waals surface area contributed by atoms with Crippen molar-refractivity contribution in [2.45, 2.75) is 13.0 Å². The van der Waals surface area contributed by atoms with E-state index in [0.717, 1.165) is 27.6 Å². The Morgan fingerprint density at radius 3 is 2.62 bits per heavy atom. The van der Waals surface area contributed by atoms with Gasteiger partial charge in [0.05, 0.1) is 17.8 Å². The number of hydrogen-bond acceptors (Lipinski definition) is 3. The van der Waals surface area contributed by atoms with E-state index in [2.05, 4.69) is 10.3 Å². The van der Waals surface area contributed by atoms with Gasteiger partial charge in [-0.1, -0.05) is 35.9 Å². The van der Waals surface area contributed by atoms with Gasteiger partial charge >= 0.3 is 0 Å². The van der Waals surface area contributed by atoms with Crippen molar-refractivity contribution in [3.8, 4) is 16.9 Å². The molecule has 0 spiro atoms. The molecule has 1 atom stereocenters. The van der Waals surface area contributed by atoms with Crippen LogP contribution in [0.25, 0.3) is 22.0 Å². The fourth-order valence-corrected chi connectivity index (χ4v) is 3.66. The van der Waals surface area contributed by atoms with Gasteiger partial charge in [0.15, 0.2) is 0 Å². The summed E-state index contributed by atoms with van der Waals surface area (Å²) in [5, 5.41) is 14.1. The Kier molecular flexibility index (Phi) is 4.99. The van der Waals surface area contributed by atoms with E-state index in [1.165, 1.54) is 0 Å². The molecule has 0 unspecified atom stereocenters. The molecular weight excluding hydrogens is 386 g/mol. The largest absolute Gasteiger partial charge is 0.508 e. The fourth-order valence-electron chi connectivity index (χ4n) is 3.46. The number of pyridine rings is 1. The topological polar surface area (TPSA) is 67.2 Å². The van der Waals surface area contributed by atoms with Gasteiger partial charge in [0.25, 0.3) is 5.91 Å². The van der Waals surface area contributed by atoms with Gasteiger partial charge in [0.2, 0.25) is 0 Å². The molecule has 4 aromatic rings. The van der Waals surface area contributed by atoms with Crippen LogP contribution >= 0.6 is 11.6 Å². The maximum Gasteiger partial charge on any atom is 0.268 e. The molecule has 0 radical (unpaired) electrons. The summed E-state index contributed by atoms with van der Waals surface area (Å²) in [6.45, 7) is 1.93. The number of nitrogens with one attached hydrogen (secondary N) is 1. The highest BCUT2D eigenvalue weighted by Crippen LogP contribution is 2.31. The minimum Gasteiger partial charge on any atom is -0.508 e. The Labute approximate surface area is 173 Å². The lowest BCUT2D eigenvalue weighted by Crippen LogP contribution is -2.28. The number of aromatic nitrogens is 2. The van der Waals surface area contributed by atoms with E-state index in [1.54, 1.807) is 30.6 Å². The van der Waals surface area contributed by atoms with E-state index in [1.807, 2.05) is 54.9 Å². The fraction of sp³-hybridized carbons (Fsp3) is 0.130. The second-order valence-electron chi connectivity index (χ2n) is 7.01. The smallest absolute Gasteiger partial charge is 0.268 e. The molecule has 0 aliphatic carbocycles. The Balaban J connectivity index is 1.69. The van der Waals surface area contributed by atoms with Crippen molar-refractivity contribution in [3.63, 3.8) is 0 Å². The van der Waals surface area contributed by atoms with Gasteiger partial charge < -0.3 is 15.0 Å². The van der Waals surface area contributed by atoms with Crippen LogP contribution in [0.3, 0.4) is 0 Å². The zero-order valence-corrected chi connectivity index (χ0v) is 16.8. The molecule has 0 aliphatic heterocycles. The maximum absolute atomic E-state index is 13.0. The van der Waals surface area contributed by atoms with Gasteiger partial charge in [-0.05, 0) is 48.4 Å². The van der Waals surface area contributed by atoms with E-state index >= 15 is 0 Å². The van der Waals surface area contributed by atoms with Crippen LogP contribution in [0.15, 0.2) is 67.0 Å². The molecule has 0 saturated carbocycles. The van der Waals surface area contributed by atoms with Crippen molar-refractivity contribution < 1.29 is 9.90 Å².